The number of hydrogen-bond acceptors (Lipinski definition) is 2. The Hall–Kier alpha value is -2.49. The minimum absolute atomic E-state index is 0.125. The van der Waals surface area contributed by atoms with Gasteiger partial charge in [0.05, 0.1) is 11.8 Å². The minimum atomic E-state index is -0.140. The third kappa shape index (κ3) is 2.03. The molecule has 1 aromatic carbocycles. The quantitative estimate of drug-likeness (QED) is 0.709. The van der Waals surface area contributed by atoms with Crippen molar-refractivity contribution in [2.75, 3.05) is 0 Å². The Morgan fingerprint density at radius 1 is 1.27 bits per heavy atom. The Kier molecular flexibility index (Phi) is 3.03. The number of aliphatic imine (C=N–C) groups is 1. The first kappa shape index (κ1) is 13.2. The van der Waals surface area contributed by atoms with Crippen LogP contribution >= 0.6 is 0 Å². The van der Waals surface area contributed by atoms with Crippen molar-refractivity contribution in [3.05, 3.63) is 71.4 Å². The molecule has 4 rings (SSSR count). The highest BCUT2D eigenvalue weighted by atomic mass is 19.1. The standard InChI is InChI=1S/C18H16FN3/c1-2-13-9-15-14(5-3-6-16(15)19)18(21-13)12-10-20-17-7-4-8-22(17)11-12/h3-8,10-11,13H,2,9H2,1H3. The fraction of sp³-hybridized carbons (Fsp3) is 0.222. The number of rotatable bonds is 2. The van der Waals surface area contributed by atoms with Crippen LogP contribution in [0.25, 0.3) is 5.65 Å². The molecule has 0 saturated carbocycles. The monoisotopic (exact) mass is 293 g/mol. The van der Waals surface area contributed by atoms with E-state index in [2.05, 4.69) is 11.9 Å². The zero-order valence-corrected chi connectivity index (χ0v) is 12.3. The molecule has 0 N–H and O–H groups in total. The van der Waals surface area contributed by atoms with Crippen LogP contribution in [-0.2, 0) is 6.42 Å². The number of halogens is 1. The maximum atomic E-state index is 14.2. The first-order chi connectivity index (χ1) is 10.8. The van der Waals surface area contributed by atoms with Gasteiger partial charge in [-0.2, -0.15) is 0 Å². The van der Waals surface area contributed by atoms with E-state index in [0.29, 0.717) is 6.42 Å². The third-order valence-corrected chi connectivity index (χ3v) is 4.24. The lowest BCUT2D eigenvalue weighted by Gasteiger charge is -2.23. The Labute approximate surface area is 128 Å². The molecule has 1 atom stereocenters. The van der Waals surface area contributed by atoms with E-state index in [4.69, 9.17) is 4.99 Å². The van der Waals surface area contributed by atoms with E-state index in [-0.39, 0.29) is 11.9 Å². The van der Waals surface area contributed by atoms with E-state index in [1.165, 1.54) is 6.07 Å². The van der Waals surface area contributed by atoms with Crippen molar-refractivity contribution in [1.29, 1.82) is 0 Å². The van der Waals surface area contributed by atoms with Crippen LogP contribution in [0.2, 0.25) is 0 Å². The van der Waals surface area contributed by atoms with Crippen molar-refractivity contribution >= 4 is 11.4 Å². The normalized spacial score (nSPS) is 17.4. The molecule has 1 aliphatic rings. The van der Waals surface area contributed by atoms with Crippen LogP contribution in [-0.4, -0.2) is 21.1 Å². The highest BCUT2D eigenvalue weighted by Gasteiger charge is 2.24. The number of aromatic nitrogens is 2. The molecular formula is C18H16FN3. The Bertz CT molecular complexity index is 879. The molecular weight excluding hydrogens is 277 g/mol. The van der Waals surface area contributed by atoms with Gasteiger partial charge in [-0.1, -0.05) is 19.1 Å². The van der Waals surface area contributed by atoms with Gasteiger partial charge in [0.15, 0.2) is 0 Å². The van der Waals surface area contributed by atoms with Gasteiger partial charge in [-0.05, 0) is 36.6 Å². The second kappa shape index (κ2) is 5.05. The summed E-state index contributed by atoms with van der Waals surface area (Å²) in [5, 5.41) is 0. The number of fused-ring (bicyclic) bond motifs is 2. The van der Waals surface area contributed by atoms with Crippen LogP contribution in [0.15, 0.2) is 53.9 Å². The van der Waals surface area contributed by atoms with E-state index in [9.17, 15) is 4.39 Å². The topological polar surface area (TPSA) is 29.7 Å². The van der Waals surface area contributed by atoms with Crippen LogP contribution in [0.1, 0.15) is 30.0 Å². The summed E-state index contributed by atoms with van der Waals surface area (Å²) >= 11 is 0. The predicted molar refractivity (Wildman–Crippen MR) is 85.0 cm³/mol. The summed E-state index contributed by atoms with van der Waals surface area (Å²) in [7, 11) is 0. The fourth-order valence-corrected chi connectivity index (χ4v) is 3.03. The summed E-state index contributed by atoms with van der Waals surface area (Å²) in [6, 6.07) is 9.26. The van der Waals surface area contributed by atoms with E-state index >= 15 is 0 Å². The molecule has 0 aliphatic carbocycles. The predicted octanol–water partition coefficient (Wildman–Crippen LogP) is 3.65. The molecule has 22 heavy (non-hydrogen) atoms. The lowest BCUT2D eigenvalue weighted by molar-refractivity contribution is 0.573. The lowest BCUT2D eigenvalue weighted by atomic mass is 9.90. The Morgan fingerprint density at radius 2 is 2.18 bits per heavy atom. The van der Waals surface area contributed by atoms with Crippen molar-refractivity contribution in [2.24, 2.45) is 4.99 Å². The maximum Gasteiger partial charge on any atom is 0.136 e. The number of nitrogens with zero attached hydrogens (tertiary/aromatic N) is 3. The summed E-state index contributed by atoms with van der Waals surface area (Å²) in [5.41, 5.74) is 4.32. The van der Waals surface area contributed by atoms with Gasteiger partial charge in [0.1, 0.15) is 11.5 Å². The number of hydrogen-bond donors (Lipinski definition) is 0. The average Bonchev–Trinajstić information content (AvgIpc) is 3.02. The fourth-order valence-electron chi connectivity index (χ4n) is 3.03. The van der Waals surface area contributed by atoms with E-state index in [1.807, 2.05) is 41.2 Å². The van der Waals surface area contributed by atoms with Gasteiger partial charge >= 0.3 is 0 Å². The van der Waals surface area contributed by atoms with Gasteiger partial charge in [0, 0.05) is 29.7 Å². The molecule has 1 unspecified atom stereocenters. The SMILES string of the molecule is CCC1Cc2c(F)cccc2C(c2cnc3cccn3c2)=N1. The zero-order chi connectivity index (χ0) is 15.1. The Morgan fingerprint density at radius 3 is 3.05 bits per heavy atom. The lowest BCUT2D eigenvalue weighted by Crippen LogP contribution is -2.22. The number of benzene rings is 1. The molecule has 0 fully saturated rings. The van der Waals surface area contributed by atoms with Gasteiger partial charge in [0.25, 0.3) is 0 Å². The summed E-state index contributed by atoms with van der Waals surface area (Å²) in [5.74, 6) is -0.140. The van der Waals surface area contributed by atoms with E-state index in [1.54, 1.807) is 6.07 Å². The van der Waals surface area contributed by atoms with E-state index in [0.717, 1.165) is 34.5 Å². The largest absolute Gasteiger partial charge is 0.308 e. The second-order valence-corrected chi connectivity index (χ2v) is 5.63. The molecule has 3 aromatic rings. The first-order valence-corrected chi connectivity index (χ1v) is 7.55. The molecule has 3 heterocycles. The third-order valence-electron chi connectivity index (χ3n) is 4.24. The minimum Gasteiger partial charge on any atom is -0.308 e. The molecule has 0 bridgehead atoms. The second-order valence-electron chi connectivity index (χ2n) is 5.63. The van der Waals surface area contributed by atoms with Crippen LogP contribution < -0.4 is 0 Å². The van der Waals surface area contributed by atoms with Gasteiger partial charge < -0.3 is 4.40 Å². The van der Waals surface area contributed by atoms with Crippen molar-refractivity contribution in [3.8, 4) is 0 Å². The molecule has 0 spiro atoms. The molecule has 2 aromatic heterocycles. The van der Waals surface area contributed by atoms with Crippen molar-refractivity contribution < 1.29 is 4.39 Å². The molecule has 3 nitrogen and oxygen atoms in total. The summed E-state index contributed by atoms with van der Waals surface area (Å²) < 4.78 is 16.2. The molecule has 4 heteroatoms. The molecule has 0 amide bonds. The van der Waals surface area contributed by atoms with Gasteiger partial charge in [-0.15, -0.1) is 0 Å². The Balaban J connectivity index is 1.91. The highest BCUT2D eigenvalue weighted by Crippen LogP contribution is 2.26. The molecule has 110 valence electrons. The van der Waals surface area contributed by atoms with Gasteiger partial charge in [0.2, 0.25) is 0 Å². The first-order valence-electron chi connectivity index (χ1n) is 7.55. The van der Waals surface area contributed by atoms with Crippen LogP contribution in [0, 0.1) is 5.82 Å². The van der Waals surface area contributed by atoms with Crippen molar-refractivity contribution in [2.45, 2.75) is 25.8 Å². The summed E-state index contributed by atoms with van der Waals surface area (Å²) in [6.07, 6.45) is 7.35. The van der Waals surface area contributed by atoms with Crippen molar-refractivity contribution in [1.82, 2.24) is 9.38 Å². The zero-order valence-electron chi connectivity index (χ0n) is 12.3. The van der Waals surface area contributed by atoms with Gasteiger partial charge in [-0.25, -0.2) is 9.37 Å². The van der Waals surface area contributed by atoms with Crippen LogP contribution in [0.3, 0.4) is 0 Å². The van der Waals surface area contributed by atoms with Gasteiger partial charge in [-0.3, -0.25) is 4.99 Å². The van der Waals surface area contributed by atoms with Crippen LogP contribution in [0.5, 0.6) is 0 Å². The van der Waals surface area contributed by atoms with Crippen LogP contribution in [0.4, 0.5) is 4.39 Å². The van der Waals surface area contributed by atoms with Crippen molar-refractivity contribution in [3.63, 3.8) is 0 Å². The maximum absolute atomic E-state index is 14.2. The molecule has 0 saturated heterocycles. The molecule has 1 aliphatic heterocycles. The smallest absolute Gasteiger partial charge is 0.136 e. The summed E-state index contributed by atoms with van der Waals surface area (Å²) in [6.45, 7) is 2.09. The summed E-state index contributed by atoms with van der Waals surface area (Å²) in [4.78, 5) is 9.29. The van der Waals surface area contributed by atoms with E-state index < -0.39 is 0 Å². The highest BCUT2D eigenvalue weighted by molar-refractivity contribution is 6.14. The average molecular weight is 293 g/mol. The molecule has 0 radical (unpaired) electrons.